The molecule has 1 aliphatic rings. The fourth-order valence-corrected chi connectivity index (χ4v) is 1.66. The molecular formula is C10H14N2. The standard InChI is InChI=1S/C10H14N2/c1-10(11)6-8-4-2-3-5-9(8)7-12-10/h2-5,12H,6-7,11H2,1H3. The van der Waals surface area contributed by atoms with E-state index in [1.807, 2.05) is 6.92 Å². The molecule has 0 aliphatic carbocycles. The summed E-state index contributed by atoms with van der Waals surface area (Å²) in [6.45, 7) is 2.92. The van der Waals surface area contributed by atoms with Gasteiger partial charge in [-0.25, -0.2) is 0 Å². The van der Waals surface area contributed by atoms with Crippen LogP contribution in [-0.4, -0.2) is 5.66 Å². The van der Waals surface area contributed by atoms with Crippen LogP contribution >= 0.6 is 0 Å². The van der Waals surface area contributed by atoms with Crippen LogP contribution in [0.4, 0.5) is 0 Å². The molecule has 2 rings (SSSR count). The summed E-state index contributed by atoms with van der Waals surface area (Å²) in [5, 5.41) is 3.29. The second kappa shape index (κ2) is 2.57. The van der Waals surface area contributed by atoms with Gasteiger partial charge in [-0.05, 0) is 18.1 Å². The van der Waals surface area contributed by atoms with Gasteiger partial charge in [-0.3, -0.25) is 5.32 Å². The Morgan fingerprint density at radius 3 is 2.75 bits per heavy atom. The van der Waals surface area contributed by atoms with E-state index < -0.39 is 0 Å². The van der Waals surface area contributed by atoms with Gasteiger partial charge >= 0.3 is 0 Å². The van der Waals surface area contributed by atoms with Crippen molar-refractivity contribution in [2.24, 2.45) is 5.73 Å². The molecule has 1 aromatic carbocycles. The Morgan fingerprint density at radius 1 is 1.33 bits per heavy atom. The minimum absolute atomic E-state index is 0.228. The smallest absolute Gasteiger partial charge is 0.0676 e. The molecule has 1 atom stereocenters. The lowest BCUT2D eigenvalue weighted by atomic mass is 9.93. The van der Waals surface area contributed by atoms with E-state index in [9.17, 15) is 0 Å². The summed E-state index contributed by atoms with van der Waals surface area (Å²) in [6, 6.07) is 8.44. The van der Waals surface area contributed by atoms with Gasteiger partial charge in [-0.2, -0.15) is 0 Å². The zero-order chi connectivity index (χ0) is 8.60. The highest BCUT2D eigenvalue weighted by Crippen LogP contribution is 2.18. The van der Waals surface area contributed by atoms with Gasteiger partial charge in [0.1, 0.15) is 0 Å². The van der Waals surface area contributed by atoms with E-state index in [4.69, 9.17) is 5.73 Å². The molecule has 0 saturated carbocycles. The van der Waals surface area contributed by atoms with Gasteiger partial charge < -0.3 is 5.73 Å². The predicted octanol–water partition coefficient (Wildman–Crippen LogP) is 1.01. The maximum absolute atomic E-state index is 5.98. The Hall–Kier alpha value is -0.860. The van der Waals surface area contributed by atoms with Crippen molar-refractivity contribution in [2.45, 2.75) is 25.6 Å². The largest absolute Gasteiger partial charge is 0.313 e. The summed E-state index contributed by atoms with van der Waals surface area (Å²) in [5.74, 6) is 0. The Balaban J connectivity index is 2.35. The summed E-state index contributed by atoms with van der Waals surface area (Å²) in [5.41, 5.74) is 8.51. The molecule has 0 amide bonds. The van der Waals surface area contributed by atoms with Gasteiger partial charge in [0.15, 0.2) is 0 Å². The van der Waals surface area contributed by atoms with Crippen LogP contribution in [0.3, 0.4) is 0 Å². The molecular weight excluding hydrogens is 148 g/mol. The topological polar surface area (TPSA) is 38.0 Å². The van der Waals surface area contributed by atoms with Crippen molar-refractivity contribution in [3.05, 3.63) is 35.4 Å². The minimum Gasteiger partial charge on any atom is -0.313 e. The van der Waals surface area contributed by atoms with Gasteiger partial charge in [0, 0.05) is 13.0 Å². The molecule has 0 radical (unpaired) electrons. The molecule has 0 saturated heterocycles. The fraction of sp³-hybridized carbons (Fsp3) is 0.400. The lowest BCUT2D eigenvalue weighted by Crippen LogP contribution is -2.54. The van der Waals surface area contributed by atoms with Crippen LogP contribution in [0.5, 0.6) is 0 Å². The molecule has 1 heterocycles. The van der Waals surface area contributed by atoms with E-state index in [1.54, 1.807) is 0 Å². The first-order chi connectivity index (χ1) is 5.67. The van der Waals surface area contributed by atoms with Crippen molar-refractivity contribution in [3.8, 4) is 0 Å². The van der Waals surface area contributed by atoms with Crippen LogP contribution in [0.25, 0.3) is 0 Å². The SMILES string of the molecule is CC1(N)Cc2ccccc2CN1. The van der Waals surface area contributed by atoms with Crippen molar-refractivity contribution in [2.75, 3.05) is 0 Å². The first kappa shape index (κ1) is 7.77. The van der Waals surface area contributed by atoms with Gasteiger partial charge in [0.05, 0.1) is 5.66 Å². The minimum atomic E-state index is -0.228. The van der Waals surface area contributed by atoms with Crippen LogP contribution < -0.4 is 11.1 Å². The Kier molecular flexibility index (Phi) is 1.67. The van der Waals surface area contributed by atoms with Crippen molar-refractivity contribution >= 4 is 0 Å². The Morgan fingerprint density at radius 2 is 2.00 bits per heavy atom. The highest BCUT2D eigenvalue weighted by atomic mass is 15.1. The zero-order valence-electron chi connectivity index (χ0n) is 7.30. The molecule has 1 aromatic rings. The summed E-state index contributed by atoms with van der Waals surface area (Å²) in [7, 11) is 0. The third-order valence-electron chi connectivity index (χ3n) is 2.36. The number of fused-ring (bicyclic) bond motifs is 1. The van der Waals surface area contributed by atoms with E-state index in [-0.39, 0.29) is 5.66 Å². The first-order valence-electron chi connectivity index (χ1n) is 4.28. The van der Waals surface area contributed by atoms with Crippen LogP contribution in [0.2, 0.25) is 0 Å². The molecule has 12 heavy (non-hydrogen) atoms. The molecule has 1 unspecified atom stereocenters. The van der Waals surface area contributed by atoms with E-state index in [0.29, 0.717) is 0 Å². The molecule has 0 aromatic heterocycles. The van der Waals surface area contributed by atoms with Crippen molar-refractivity contribution in [1.29, 1.82) is 0 Å². The number of nitrogens with one attached hydrogen (secondary N) is 1. The van der Waals surface area contributed by atoms with Gasteiger partial charge in [0.2, 0.25) is 0 Å². The van der Waals surface area contributed by atoms with Crippen molar-refractivity contribution in [3.63, 3.8) is 0 Å². The number of rotatable bonds is 0. The number of hydrogen-bond acceptors (Lipinski definition) is 2. The van der Waals surface area contributed by atoms with E-state index in [1.165, 1.54) is 11.1 Å². The average molecular weight is 162 g/mol. The molecule has 2 heteroatoms. The van der Waals surface area contributed by atoms with Crippen molar-refractivity contribution < 1.29 is 0 Å². The third kappa shape index (κ3) is 1.36. The molecule has 1 aliphatic heterocycles. The quantitative estimate of drug-likeness (QED) is 0.597. The van der Waals surface area contributed by atoms with Gasteiger partial charge in [-0.1, -0.05) is 24.3 Å². The normalized spacial score (nSPS) is 28.2. The van der Waals surface area contributed by atoms with E-state index >= 15 is 0 Å². The highest BCUT2D eigenvalue weighted by molar-refractivity contribution is 5.30. The second-order valence-corrected chi connectivity index (χ2v) is 3.72. The van der Waals surface area contributed by atoms with E-state index in [0.717, 1.165) is 13.0 Å². The number of nitrogens with two attached hydrogens (primary N) is 1. The fourth-order valence-electron chi connectivity index (χ4n) is 1.66. The lowest BCUT2D eigenvalue weighted by Gasteiger charge is -2.32. The van der Waals surface area contributed by atoms with Crippen LogP contribution in [0, 0.1) is 0 Å². The van der Waals surface area contributed by atoms with Crippen LogP contribution in [0.15, 0.2) is 24.3 Å². The highest BCUT2D eigenvalue weighted by Gasteiger charge is 2.23. The third-order valence-corrected chi connectivity index (χ3v) is 2.36. The van der Waals surface area contributed by atoms with Crippen LogP contribution in [-0.2, 0) is 13.0 Å². The zero-order valence-corrected chi connectivity index (χ0v) is 7.30. The summed E-state index contributed by atoms with van der Waals surface area (Å²) in [6.07, 6.45) is 0.920. The monoisotopic (exact) mass is 162 g/mol. The maximum atomic E-state index is 5.98. The number of hydrogen-bond donors (Lipinski definition) is 2. The molecule has 3 N–H and O–H groups in total. The maximum Gasteiger partial charge on any atom is 0.0676 e. The summed E-state index contributed by atoms with van der Waals surface area (Å²) in [4.78, 5) is 0. The lowest BCUT2D eigenvalue weighted by molar-refractivity contribution is 0.342. The molecule has 0 spiro atoms. The van der Waals surface area contributed by atoms with E-state index in [2.05, 4.69) is 29.6 Å². The predicted molar refractivity (Wildman–Crippen MR) is 49.6 cm³/mol. The molecule has 0 fully saturated rings. The van der Waals surface area contributed by atoms with Gasteiger partial charge in [0.25, 0.3) is 0 Å². The summed E-state index contributed by atoms with van der Waals surface area (Å²) < 4.78 is 0. The first-order valence-corrected chi connectivity index (χ1v) is 4.28. The van der Waals surface area contributed by atoms with Gasteiger partial charge in [-0.15, -0.1) is 0 Å². The molecule has 64 valence electrons. The number of benzene rings is 1. The Bertz CT molecular complexity index is 292. The molecule has 2 nitrogen and oxygen atoms in total. The Labute approximate surface area is 72.8 Å². The average Bonchev–Trinajstić information content (AvgIpc) is 2.02. The van der Waals surface area contributed by atoms with Crippen molar-refractivity contribution in [1.82, 2.24) is 5.32 Å². The summed E-state index contributed by atoms with van der Waals surface area (Å²) >= 11 is 0. The second-order valence-electron chi connectivity index (χ2n) is 3.72. The van der Waals surface area contributed by atoms with Crippen LogP contribution in [0.1, 0.15) is 18.1 Å². The molecule has 0 bridgehead atoms.